The van der Waals surface area contributed by atoms with Crippen LogP contribution in [0.15, 0.2) is 24.3 Å². The van der Waals surface area contributed by atoms with Gasteiger partial charge in [0.05, 0.1) is 6.54 Å². The van der Waals surface area contributed by atoms with Crippen molar-refractivity contribution < 1.29 is 14.3 Å². The van der Waals surface area contributed by atoms with Gasteiger partial charge in [-0.3, -0.25) is 9.69 Å². The first kappa shape index (κ1) is 17.7. The maximum atomic E-state index is 13.2. The molecule has 0 bridgehead atoms. The second-order valence-electron chi connectivity index (χ2n) is 7.46. The first-order valence-corrected chi connectivity index (χ1v) is 8.78. The highest BCUT2D eigenvalue weighted by Crippen LogP contribution is 2.34. The van der Waals surface area contributed by atoms with Crippen molar-refractivity contribution in [3.63, 3.8) is 0 Å². The van der Waals surface area contributed by atoms with Crippen LogP contribution in [-0.2, 0) is 9.53 Å². The highest BCUT2D eigenvalue weighted by molar-refractivity contribution is 5.84. The standard InChI is InChI=1S/C19H27N3O3/c1-14-7-5-6-8-15(14)16(20(2)3)17(23)22-11-9-19(10-12-22)13-21(4)18(24)25-19/h5-8,16H,9-13H2,1-4H3/t16-/m1/s1. The number of benzene rings is 1. The smallest absolute Gasteiger partial charge is 0.410 e. The number of nitrogens with zero attached hydrogens (tertiary/aromatic N) is 3. The summed E-state index contributed by atoms with van der Waals surface area (Å²) in [4.78, 5) is 30.4. The van der Waals surface area contributed by atoms with E-state index in [1.54, 1.807) is 11.9 Å². The molecule has 0 radical (unpaired) electrons. The largest absolute Gasteiger partial charge is 0.441 e. The van der Waals surface area contributed by atoms with E-state index in [4.69, 9.17) is 4.74 Å². The molecule has 1 aromatic rings. The number of aryl methyl sites for hydroxylation is 1. The van der Waals surface area contributed by atoms with Crippen LogP contribution in [0.4, 0.5) is 4.79 Å². The average Bonchev–Trinajstić information content (AvgIpc) is 2.83. The van der Waals surface area contributed by atoms with E-state index in [1.165, 1.54) is 0 Å². The minimum atomic E-state index is -0.418. The van der Waals surface area contributed by atoms with Crippen molar-refractivity contribution in [1.82, 2.24) is 14.7 Å². The fourth-order valence-electron chi connectivity index (χ4n) is 3.89. The molecule has 6 heteroatoms. The lowest BCUT2D eigenvalue weighted by Gasteiger charge is -2.39. The van der Waals surface area contributed by atoms with Gasteiger partial charge in [-0.15, -0.1) is 0 Å². The normalized spacial score (nSPS) is 20.9. The lowest BCUT2D eigenvalue weighted by molar-refractivity contribution is -0.139. The fourth-order valence-corrected chi connectivity index (χ4v) is 3.89. The van der Waals surface area contributed by atoms with Crippen LogP contribution in [-0.4, -0.2) is 73.1 Å². The van der Waals surface area contributed by atoms with E-state index in [9.17, 15) is 9.59 Å². The average molecular weight is 345 g/mol. The SMILES string of the molecule is Cc1ccccc1[C@H](C(=O)N1CCC2(CC1)CN(C)C(=O)O2)N(C)C. The van der Waals surface area contributed by atoms with Gasteiger partial charge < -0.3 is 14.5 Å². The minimum absolute atomic E-state index is 0.117. The van der Waals surface area contributed by atoms with Gasteiger partial charge >= 0.3 is 6.09 Å². The number of carbonyl (C=O) groups is 2. The molecule has 3 rings (SSSR count). The molecule has 0 N–H and O–H groups in total. The molecule has 136 valence electrons. The molecule has 6 nitrogen and oxygen atoms in total. The van der Waals surface area contributed by atoms with Gasteiger partial charge in [0.1, 0.15) is 11.6 Å². The molecule has 0 unspecified atom stereocenters. The first-order chi connectivity index (χ1) is 11.8. The molecule has 0 aliphatic carbocycles. The summed E-state index contributed by atoms with van der Waals surface area (Å²) in [5, 5.41) is 0. The van der Waals surface area contributed by atoms with E-state index in [0.717, 1.165) is 11.1 Å². The highest BCUT2D eigenvalue weighted by atomic mass is 16.6. The number of amides is 2. The van der Waals surface area contributed by atoms with Crippen molar-refractivity contribution in [1.29, 1.82) is 0 Å². The van der Waals surface area contributed by atoms with E-state index < -0.39 is 5.60 Å². The zero-order valence-corrected chi connectivity index (χ0v) is 15.5. The molecule has 2 heterocycles. The molecular formula is C19H27N3O3. The number of piperidine rings is 1. The number of likely N-dealkylation sites (tertiary alicyclic amines) is 1. The zero-order valence-electron chi connectivity index (χ0n) is 15.5. The number of carbonyl (C=O) groups excluding carboxylic acids is 2. The molecule has 1 aromatic carbocycles. The Bertz CT molecular complexity index is 666. The summed E-state index contributed by atoms with van der Waals surface area (Å²) in [5.74, 6) is 0.117. The summed E-state index contributed by atoms with van der Waals surface area (Å²) in [7, 11) is 5.64. The van der Waals surface area contributed by atoms with E-state index in [1.807, 2.05) is 55.1 Å². The monoisotopic (exact) mass is 345 g/mol. The predicted molar refractivity (Wildman–Crippen MR) is 95.3 cm³/mol. The van der Waals surface area contributed by atoms with E-state index >= 15 is 0 Å². The molecule has 2 saturated heterocycles. The quantitative estimate of drug-likeness (QED) is 0.841. The van der Waals surface area contributed by atoms with Crippen LogP contribution in [0.5, 0.6) is 0 Å². The lowest BCUT2D eigenvalue weighted by Crippen LogP contribution is -2.51. The number of likely N-dealkylation sites (N-methyl/N-ethyl adjacent to an activating group) is 2. The molecule has 1 atom stereocenters. The Kier molecular flexibility index (Phi) is 4.73. The van der Waals surface area contributed by atoms with Gasteiger partial charge in [0.25, 0.3) is 0 Å². The van der Waals surface area contributed by atoms with Crippen molar-refractivity contribution in [3.05, 3.63) is 35.4 Å². The molecule has 0 saturated carbocycles. The van der Waals surface area contributed by atoms with Crippen LogP contribution in [0.2, 0.25) is 0 Å². The third-order valence-corrected chi connectivity index (χ3v) is 5.36. The Morgan fingerprint density at radius 2 is 1.88 bits per heavy atom. The second-order valence-corrected chi connectivity index (χ2v) is 7.46. The molecule has 0 aromatic heterocycles. The molecule has 25 heavy (non-hydrogen) atoms. The van der Waals surface area contributed by atoms with Gasteiger partial charge in [-0.05, 0) is 32.1 Å². The Balaban J connectivity index is 1.73. The number of ether oxygens (including phenoxy) is 1. The van der Waals surface area contributed by atoms with E-state index in [-0.39, 0.29) is 18.0 Å². The Labute approximate surface area is 149 Å². The summed E-state index contributed by atoms with van der Waals surface area (Å²) in [6, 6.07) is 7.75. The summed E-state index contributed by atoms with van der Waals surface area (Å²) in [6.07, 6.45) is 1.14. The predicted octanol–water partition coefficient (Wildman–Crippen LogP) is 2.04. The van der Waals surface area contributed by atoms with E-state index in [2.05, 4.69) is 0 Å². The zero-order chi connectivity index (χ0) is 18.2. The molecular weight excluding hydrogens is 318 g/mol. The van der Waals surface area contributed by atoms with Crippen LogP contribution >= 0.6 is 0 Å². The summed E-state index contributed by atoms with van der Waals surface area (Å²) in [5.41, 5.74) is 1.75. The van der Waals surface area contributed by atoms with Gasteiger partial charge in [-0.25, -0.2) is 4.79 Å². The third kappa shape index (κ3) is 3.35. The lowest BCUT2D eigenvalue weighted by atomic mass is 9.90. The minimum Gasteiger partial charge on any atom is -0.441 e. The van der Waals surface area contributed by atoms with Crippen molar-refractivity contribution in [2.75, 3.05) is 40.8 Å². The van der Waals surface area contributed by atoms with Crippen molar-refractivity contribution >= 4 is 12.0 Å². The van der Waals surface area contributed by atoms with Crippen molar-refractivity contribution in [2.24, 2.45) is 0 Å². The van der Waals surface area contributed by atoms with E-state index in [0.29, 0.717) is 32.5 Å². The molecule has 2 fully saturated rings. The molecule has 2 aliphatic heterocycles. The highest BCUT2D eigenvalue weighted by Gasteiger charge is 2.46. The van der Waals surface area contributed by atoms with Crippen LogP contribution in [0.3, 0.4) is 0 Å². The van der Waals surface area contributed by atoms with Gasteiger partial charge in [0.2, 0.25) is 5.91 Å². The van der Waals surface area contributed by atoms with Gasteiger partial charge in [0, 0.05) is 33.0 Å². The second kappa shape index (κ2) is 6.67. The number of hydrogen-bond donors (Lipinski definition) is 0. The molecule has 2 amide bonds. The summed E-state index contributed by atoms with van der Waals surface area (Å²) < 4.78 is 5.58. The van der Waals surface area contributed by atoms with Crippen LogP contribution in [0.1, 0.15) is 30.0 Å². The molecule has 2 aliphatic rings. The van der Waals surface area contributed by atoms with Gasteiger partial charge in [-0.1, -0.05) is 24.3 Å². The maximum absolute atomic E-state index is 13.2. The van der Waals surface area contributed by atoms with Crippen molar-refractivity contribution in [2.45, 2.75) is 31.4 Å². The molecule has 1 spiro atoms. The summed E-state index contributed by atoms with van der Waals surface area (Å²) in [6.45, 7) is 3.90. The maximum Gasteiger partial charge on any atom is 0.410 e. The Morgan fingerprint density at radius 3 is 2.40 bits per heavy atom. The van der Waals surface area contributed by atoms with Gasteiger partial charge in [-0.2, -0.15) is 0 Å². The summed E-state index contributed by atoms with van der Waals surface area (Å²) >= 11 is 0. The van der Waals surface area contributed by atoms with Crippen molar-refractivity contribution in [3.8, 4) is 0 Å². The topological polar surface area (TPSA) is 53.1 Å². The van der Waals surface area contributed by atoms with Crippen LogP contribution in [0, 0.1) is 6.92 Å². The van der Waals surface area contributed by atoms with Gasteiger partial charge in [0.15, 0.2) is 0 Å². The Morgan fingerprint density at radius 1 is 1.24 bits per heavy atom. The van der Waals surface area contributed by atoms with Crippen LogP contribution < -0.4 is 0 Å². The Hall–Kier alpha value is -2.08. The fraction of sp³-hybridized carbons (Fsp3) is 0.579. The number of hydrogen-bond acceptors (Lipinski definition) is 4. The van der Waals surface area contributed by atoms with Crippen LogP contribution in [0.25, 0.3) is 0 Å². The third-order valence-electron chi connectivity index (χ3n) is 5.36. The first-order valence-electron chi connectivity index (χ1n) is 8.78. The number of rotatable bonds is 3.